The van der Waals surface area contributed by atoms with Gasteiger partial charge in [-0.05, 0) is 12.1 Å². The fourth-order valence-electron chi connectivity index (χ4n) is 3.52. The molecular formula is C21H23N5O3. The fraction of sp³-hybridized carbons (Fsp3) is 0.381. The molecule has 2 aromatic heterocycles. The van der Waals surface area contributed by atoms with Crippen LogP contribution in [0.1, 0.15) is 0 Å². The number of benzene rings is 1. The molecule has 2 aliphatic heterocycles. The van der Waals surface area contributed by atoms with Gasteiger partial charge in [0, 0.05) is 37.3 Å². The van der Waals surface area contributed by atoms with Crippen LogP contribution in [-0.2, 0) is 9.47 Å². The molecule has 0 bridgehead atoms. The molecule has 0 unspecified atom stereocenters. The minimum absolute atomic E-state index is 0.675. The first-order valence-electron chi connectivity index (χ1n) is 9.93. The maximum atomic E-state index is 5.48. The number of morpholine rings is 2. The molecule has 0 N–H and O–H groups in total. The number of furan rings is 1. The summed E-state index contributed by atoms with van der Waals surface area (Å²) in [6, 6.07) is 11.9. The van der Waals surface area contributed by atoms with Crippen LogP contribution in [0.4, 0.5) is 11.9 Å². The third-order valence-corrected chi connectivity index (χ3v) is 5.15. The molecule has 2 aliphatic rings. The van der Waals surface area contributed by atoms with Crippen LogP contribution in [0.25, 0.3) is 22.7 Å². The number of ether oxygens (including phenoxy) is 2. The molecule has 0 spiro atoms. The van der Waals surface area contributed by atoms with Crippen molar-refractivity contribution in [1.82, 2.24) is 15.0 Å². The van der Waals surface area contributed by atoms with Gasteiger partial charge in [-0.15, -0.1) is 0 Å². The van der Waals surface area contributed by atoms with Gasteiger partial charge in [-0.1, -0.05) is 24.3 Å². The molecule has 3 aromatic rings. The lowest BCUT2D eigenvalue weighted by atomic mass is 10.1. The van der Waals surface area contributed by atoms with Crippen LogP contribution < -0.4 is 9.80 Å². The Morgan fingerprint density at radius 2 is 1.21 bits per heavy atom. The van der Waals surface area contributed by atoms with E-state index in [0.29, 0.717) is 44.1 Å². The van der Waals surface area contributed by atoms with Crippen LogP contribution in [0.5, 0.6) is 0 Å². The van der Waals surface area contributed by atoms with E-state index in [1.54, 1.807) is 6.26 Å². The Morgan fingerprint density at radius 1 is 0.655 bits per heavy atom. The minimum atomic E-state index is 0.675. The molecule has 2 fully saturated rings. The van der Waals surface area contributed by atoms with Gasteiger partial charge >= 0.3 is 0 Å². The Hall–Kier alpha value is -2.97. The first-order chi connectivity index (χ1) is 14.4. The van der Waals surface area contributed by atoms with Crippen LogP contribution in [0.15, 0.2) is 47.1 Å². The monoisotopic (exact) mass is 393 g/mol. The molecule has 29 heavy (non-hydrogen) atoms. The average molecular weight is 393 g/mol. The zero-order valence-corrected chi connectivity index (χ0v) is 16.2. The lowest BCUT2D eigenvalue weighted by Gasteiger charge is -2.30. The normalized spacial score (nSPS) is 17.5. The van der Waals surface area contributed by atoms with Gasteiger partial charge in [-0.3, -0.25) is 0 Å². The Bertz CT molecular complexity index is 897. The van der Waals surface area contributed by atoms with Gasteiger partial charge in [0.2, 0.25) is 11.9 Å². The highest BCUT2D eigenvalue weighted by Gasteiger charge is 2.21. The summed E-state index contributed by atoms with van der Waals surface area (Å²) in [7, 11) is 0. The zero-order valence-electron chi connectivity index (χ0n) is 16.2. The summed E-state index contributed by atoms with van der Waals surface area (Å²) >= 11 is 0. The molecule has 150 valence electrons. The van der Waals surface area contributed by atoms with Gasteiger partial charge in [0.05, 0.1) is 32.7 Å². The van der Waals surface area contributed by atoms with E-state index in [1.807, 2.05) is 36.4 Å². The third-order valence-electron chi connectivity index (χ3n) is 5.15. The summed E-state index contributed by atoms with van der Waals surface area (Å²) < 4.78 is 16.4. The lowest BCUT2D eigenvalue weighted by Crippen LogP contribution is -2.40. The predicted molar refractivity (Wildman–Crippen MR) is 109 cm³/mol. The summed E-state index contributed by atoms with van der Waals surface area (Å²) in [4.78, 5) is 18.7. The van der Waals surface area contributed by atoms with Gasteiger partial charge in [0.15, 0.2) is 5.82 Å². The molecule has 5 rings (SSSR count). The van der Waals surface area contributed by atoms with Crippen molar-refractivity contribution < 1.29 is 13.9 Å². The predicted octanol–water partition coefficient (Wildman–Crippen LogP) is 2.47. The van der Waals surface area contributed by atoms with Crippen molar-refractivity contribution in [1.29, 1.82) is 0 Å². The number of aromatic nitrogens is 3. The maximum absolute atomic E-state index is 5.48. The van der Waals surface area contributed by atoms with Crippen molar-refractivity contribution in [3.63, 3.8) is 0 Å². The van der Waals surface area contributed by atoms with Gasteiger partial charge in [-0.25, -0.2) is 0 Å². The lowest BCUT2D eigenvalue weighted by molar-refractivity contribution is 0.121. The first kappa shape index (κ1) is 18.1. The van der Waals surface area contributed by atoms with E-state index in [1.165, 1.54) is 0 Å². The second kappa shape index (κ2) is 8.18. The second-order valence-electron chi connectivity index (χ2n) is 7.01. The number of hydrogen-bond donors (Lipinski definition) is 0. The summed E-state index contributed by atoms with van der Waals surface area (Å²) in [5.74, 6) is 2.92. The highest BCUT2D eigenvalue weighted by Crippen LogP contribution is 2.26. The van der Waals surface area contributed by atoms with Crippen molar-refractivity contribution in [2.24, 2.45) is 0 Å². The summed E-state index contributed by atoms with van der Waals surface area (Å²) in [6.07, 6.45) is 1.68. The molecule has 1 aromatic carbocycles. The summed E-state index contributed by atoms with van der Waals surface area (Å²) in [6.45, 7) is 5.87. The minimum Gasteiger partial charge on any atom is -0.464 e. The molecule has 0 saturated carbocycles. The maximum Gasteiger partial charge on any atom is 0.230 e. The van der Waals surface area contributed by atoms with Crippen molar-refractivity contribution in [3.8, 4) is 22.7 Å². The molecule has 8 nitrogen and oxygen atoms in total. The molecule has 0 atom stereocenters. The Morgan fingerprint density at radius 3 is 1.72 bits per heavy atom. The van der Waals surface area contributed by atoms with Crippen molar-refractivity contribution >= 4 is 11.9 Å². The molecule has 0 aliphatic carbocycles. The number of anilines is 2. The highest BCUT2D eigenvalue weighted by atomic mass is 16.5. The summed E-state index contributed by atoms with van der Waals surface area (Å²) in [5, 5.41) is 0. The second-order valence-corrected chi connectivity index (χ2v) is 7.01. The van der Waals surface area contributed by atoms with E-state index in [2.05, 4.69) is 9.80 Å². The van der Waals surface area contributed by atoms with Crippen LogP contribution in [0.2, 0.25) is 0 Å². The van der Waals surface area contributed by atoms with Crippen LogP contribution in [0.3, 0.4) is 0 Å². The summed E-state index contributed by atoms with van der Waals surface area (Å²) in [5.41, 5.74) is 1.97. The number of nitrogens with zero attached hydrogens (tertiary/aromatic N) is 5. The molecule has 4 heterocycles. The Labute approximate surface area is 169 Å². The molecule has 2 saturated heterocycles. The number of hydrogen-bond acceptors (Lipinski definition) is 8. The first-order valence-corrected chi connectivity index (χ1v) is 9.93. The SMILES string of the molecule is c1coc(-c2ccc(-c3nc(N4CCOCC4)nc(N4CCOCC4)n3)cc2)c1. The quantitative estimate of drug-likeness (QED) is 0.669. The van der Waals surface area contributed by atoms with Crippen molar-refractivity contribution in [2.45, 2.75) is 0 Å². The van der Waals surface area contributed by atoms with E-state index in [4.69, 9.17) is 28.8 Å². The topological polar surface area (TPSA) is 76.8 Å². The average Bonchev–Trinajstić information content (AvgIpc) is 3.35. The molecule has 0 radical (unpaired) electrons. The van der Waals surface area contributed by atoms with Crippen LogP contribution in [-0.4, -0.2) is 67.6 Å². The van der Waals surface area contributed by atoms with Crippen LogP contribution >= 0.6 is 0 Å². The van der Waals surface area contributed by atoms with E-state index in [0.717, 1.165) is 43.1 Å². The molecule has 0 amide bonds. The van der Waals surface area contributed by atoms with Crippen molar-refractivity contribution in [2.75, 3.05) is 62.4 Å². The molecular weight excluding hydrogens is 370 g/mol. The van der Waals surface area contributed by atoms with Crippen molar-refractivity contribution in [3.05, 3.63) is 42.7 Å². The fourth-order valence-corrected chi connectivity index (χ4v) is 3.52. The number of rotatable bonds is 4. The van der Waals surface area contributed by atoms with Gasteiger partial charge < -0.3 is 23.7 Å². The standard InChI is InChI=1S/C21H23N5O3/c1-2-18(29-11-1)16-3-5-17(6-4-16)19-22-20(25-7-12-27-13-8-25)24-21(23-19)26-9-14-28-15-10-26/h1-6,11H,7-10,12-15H2. The van der Waals surface area contributed by atoms with Gasteiger partial charge in [0.1, 0.15) is 5.76 Å². The van der Waals surface area contributed by atoms with E-state index < -0.39 is 0 Å². The highest BCUT2D eigenvalue weighted by molar-refractivity contribution is 5.65. The molecule has 8 heteroatoms. The van der Waals surface area contributed by atoms with E-state index in [-0.39, 0.29) is 0 Å². The van der Waals surface area contributed by atoms with Gasteiger partial charge in [-0.2, -0.15) is 15.0 Å². The van der Waals surface area contributed by atoms with E-state index >= 15 is 0 Å². The Kier molecular flexibility index (Phi) is 5.10. The largest absolute Gasteiger partial charge is 0.464 e. The smallest absolute Gasteiger partial charge is 0.230 e. The van der Waals surface area contributed by atoms with Gasteiger partial charge in [0.25, 0.3) is 0 Å². The zero-order chi connectivity index (χ0) is 19.5. The van der Waals surface area contributed by atoms with E-state index in [9.17, 15) is 0 Å². The van der Waals surface area contributed by atoms with Crippen LogP contribution in [0, 0.1) is 0 Å². The Balaban J connectivity index is 1.50. The third kappa shape index (κ3) is 3.94.